The van der Waals surface area contributed by atoms with Crippen molar-refractivity contribution in [3.05, 3.63) is 122 Å². The topological polar surface area (TPSA) is 95.2 Å². The summed E-state index contributed by atoms with van der Waals surface area (Å²) in [6, 6.07) is 10.7. The van der Waals surface area contributed by atoms with Crippen LogP contribution < -0.4 is 15.2 Å². The Bertz CT molecular complexity index is 2120. The van der Waals surface area contributed by atoms with E-state index in [0.717, 1.165) is 34.8 Å². The molecular formula is C35H30F2N4O6S. The fraction of sp³-hybridized carbons (Fsp3) is 0.286. The number of morpholine rings is 1. The van der Waals surface area contributed by atoms with Gasteiger partial charge in [0, 0.05) is 47.3 Å². The third-order valence-corrected chi connectivity index (χ3v) is 10.5. The van der Waals surface area contributed by atoms with E-state index in [4.69, 9.17) is 14.2 Å². The molecule has 13 heteroatoms. The van der Waals surface area contributed by atoms with Crippen LogP contribution in [0.2, 0.25) is 0 Å². The summed E-state index contributed by atoms with van der Waals surface area (Å²) in [5.74, 6) is -2.13. The fourth-order valence-electron chi connectivity index (χ4n) is 7.11. The van der Waals surface area contributed by atoms with Gasteiger partial charge in [-0.15, -0.1) is 11.8 Å². The molecule has 4 aliphatic rings. The minimum atomic E-state index is -0.923. The van der Waals surface area contributed by atoms with Crippen molar-refractivity contribution in [2.75, 3.05) is 31.9 Å². The smallest absolute Gasteiger partial charge is 0.418 e. The Kier molecular flexibility index (Phi) is 7.60. The number of halogens is 2. The lowest BCUT2D eigenvalue weighted by atomic mass is 9.90. The lowest BCUT2D eigenvalue weighted by Crippen LogP contribution is -2.66. The number of aromatic nitrogens is 2. The van der Waals surface area contributed by atoms with Crippen LogP contribution in [-0.2, 0) is 21.8 Å². The van der Waals surface area contributed by atoms with E-state index < -0.39 is 41.3 Å². The molecule has 0 N–H and O–H groups in total. The minimum absolute atomic E-state index is 0.0142. The second-order valence-electron chi connectivity index (χ2n) is 11.9. The van der Waals surface area contributed by atoms with Crippen LogP contribution in [0.3, 0.4) is 0 Å². The van der Waals surface area contributed by atoms with Crippen molar-refractivity contribution in [1.82, 2.24) is 14.1 Å². The Morgan fingerprint density at radius 3 is 2.83 bits per heavy atom. The maximum absolute atomic E-state index is 15.5. The summed E-state index contributed by atoms with van der Waals surface area (Å²) in [6.45, 7) is 0.585. The van der Waals surface area contributed by atoms with Crippen molar-refractivity contribution in [3.63, 3.8) is 0 Å². The SMILES string of the molecule is COC(=O)n1cc(COc2c3n(ccc2=O)N([C@@H]2C4=C(CCC=C4)SCc4c2ccc(F)c4F)[C@@H]2COCCN2C3=O)c2ccccc21. The zero-order valence-corrected chi connectivity index (χ0v) is 26.7. The normalized spacial score (nSPS) is 20.2. The number of fused-ring (bicyclic) bond motifs is 4. The number of pyridine rings is 1. The number of nitrogens with zero attached hydrogens (tertiary/aromatic N) is 4. The van der Waals surface area contributed by atoms with Crippen molar-refractivity contribution >= 4 is 34.7 Å². The molecule has 0 radical (unpaired) electrons. The van der Waals surface area contributed by atoms with Gasteiger partial charge in [0.15, 0.2) is 23.1 Å². The molecule has 10 nitrogen and oxygen atoms in total. The van der Waals surface area contributed by atoms with Crippen LogP contribution in [-0.4, -0.2) is 59.2 Å². The Hall–Kier alpha value is -4.88. The van der Waals surface area contributed by atoms with Crippen LogP contribution in [0.4, 0.5) is 13.6 Å². The van der Waals surface area contributed by atoms with Crippen molar-refractivity contribution < 1.29 is 32.6 Å². The lowest BCUT2D eigenvalue weighted by Gasteiger charge is -2.51. The summed E-state index contributed by atoms with van der Waals surface area (Å²) in [4.78, 5) is 43.1. The monoisotopic (exact) mass is 672 g/mol. The average molecular weight is 673 g/mol. The molecule has 1 amide bonds. The van der Waals surface area contributed by atoms with Gasteiger partial charge in [-0.1, -0.05) is 36.4 Å². The van der Waals surface area contributed by atoms with Crippen LogP contribution in [0.5, 0.6) is 5.75 Å². The molecule has 8 rings (SSSR count). The second-order valence-corrected chi connectivity index (χ2v) is 12.9. The molecule has 2 aromatic carbocycles. The number of amides is 1. The van der Waals surface area contributed by atoms with Gasteiger partial charge in [0.1, 0.15) is 12.8 Å². The zero-order valence-electron chi connectivity index (χ0n) is 25.9. The van der Waals surface area contributed by atoms with E-state index in [1.54, 1.807) is 34.0 Å². The van der Waals surface area contributed by atoms with Crippen molar-refractivity contribution in [1.29, 1.82) is 0 Å². The second kappa shape index (κ2) is 12.0. The number of allylic oxidation sites excluding steroid dienone is 2. The summed E-state index contributed by atoms with van der Waals surface area (Å²) >= 11 is 1.49. The highest BCUT2D eigenvalue weighted by atomic mass is 32.2. The molecule has 2 aromatic heterocycles. The number of carbonyl (C=O) groups excluding carboxylic acids is 2. The molecule has 1 fully saturated rings. The first kappa shape index (κ1) is 30.5. The van der Waals surface area contributed by atoms with Gasteiger partial charge in [0.05, 0.1) is 31.9 Å². The van der Waals surface area contributed by atoms with E-state index in [2.05, 4.69) is 6.08 Å². The van der Waals surface area contributed by atoms with Gasteiger partial charge in [-0.3, -0.25) is 23.8 Å². The number of para-hydroxylation sites is 1. The standard InChI is InChI=1S/C35H30F2N4O6S/c1-45-35(44)39-16-20(21-6-2-4-8-26(21)39)17-47-33-27(42)12-13-40-32(33)34(43)38-14-15-46-18-29(38)41(40)31-22-10-11-25(36)30(37)24(22)19-48-28-9-5-3-7-23(28)31/h2-4,6-8,10-13,16,29,31H,5,9,14-15,17-19H2,1H3/t29-,31+/m1/s1. The van der Waals surface area contributed by atoms with Gasteiger partial charge in [-0.05, 0) is 41.0 Å². The fourth-order valence-corrected chi connectivity index (χ4v) is 8.33. The van der Waals surface area contributed by atoms with Gasteiger partial charge in [-0.2, -0.15) is 0 Å². The van der Waals surface area contributed by atoms with Gasteiger partial charge < -0.3 is 19.1 Å². The van der Waals surface area contributed by atoms with Gasteiger partial charge in [0.25, 0.3) is 5.91 Å². The van der Waals surface area contributed by atoms with Gasteiger partial charge in [-0.25, -0.2) is 13.6 Å². The summed E-state index contributed by atoms with van der Waals surface area (Å²) in [5, 5.41) is 2.65. The Morgan fingerprint density at radius 1 is 1.12 bits per heavy atom. The number of hydrogen-bond donors (Lipinski definition) is 0. The molecule has 0 unspecified atom stereocenters. The quantitative estimate of drug-likeness (QED) is 0.276. The molecular weight excluding hydrogens is 642 g/mol. The first-order valence-corrected chi connectivity index (χ1v) is 16.6. The molecule has 0 bridgehead atoms. The number of hydrogen-bond acceptors (Lipinski definition) is 8. The van der Waals surface area contributed by atoms with Gasteiger partial charge >= 0.3 is 6.09 Å². The number of thioether (sulfide) groups is 1. The Labute approximate surface area is 277 Å². The van der Waals surface area contributed by atoms with Crippen LogP contribution in [0.15, 0.2) is 82.3 Å². The minimum Gasteiger partial charge on any atom is -0.482 e. The molecule has 246 valence electrons. The third kappa shape index (κ3) is 4.74. The van der Waals surface area contributed by atoms with Crippen LogP contribution in [0, 0.1) is 11.6 Å². The van der Waals surface area contributed by atoms with Crippen molar-refractivity contribution in [2.24, 2.45) is 0 Å². The summed E-state index contributed by atoms with van der Waals surface area (Å²) in [5.41, 5.74) is 2.47. The molecule has 2 atom stereocenters. The maximum Gasteiger partial charge on any atom is 0.418 e. The van der Waals surface area contributed by atoms with E-state index in [1.807, 2.05) is 23.2 Å². The largest absolute Gasteiger partial charge is 0.482 e. The Morgan fingerprint density at radius 2 is 1.98 bits per heavy atom. The van der Waals surface area contributed by atoms with Gasteiger partial charge in [0.2, 0.25) is 5.43 Å². The molecule has 0 saturated carbocycles. The van der Waals surface area contributed by atoms with E-state index >= 15 is 4.39 Å². The maximum atomic E-state index is 15.5. The van der Waals surface area contributed by atoms with Crippen molar-refractivity contribution in [2.45, 2.75) is 37.4 Å². The van der Waals surface area contributed by atoms with Crippen LogP contribution in [0.25, 0.3) is 10.9 Å². The first-order valence-electron chi connectivity index (χ1n) is 15.6. The number of methoxy groups -OCH3 is 1. The molecule has 1 saturated heterocycles. The molecule has 0 spiro atoms. The number of ether oxygens (including phenoxy) is 3. The van der Waals surface area contributed by atoms with Crippen LogP contribution in [0.1, 0.15) is 46.1 Å². The van der Waals surface area contributed by atoms with E-state index in [9.17, 15) is 18.8 Å². The highest BCUT2D eigenvalue weighted by molar-refractivity contribution is 8.02. The van der Waals surface area contributed by atoms with E-state index in [0.29, 0.717) is 23.3 Å². The summed E-state index contributed by atoms with van der Waals surface area (Å²) < 4.78 is 50.2. The summed E-state index contributed by atoms with van der Waals surface area (Å²) in [7, 11) is 1.29. The molecule has 1 aliphatic carbocycles. The predicted molar refractivity (Wildman–Crippen MR) is 174 cm³/mol. The number of rotatable bonds is 4. The van der Waals surface area contributed by atoms with E-state index in [-0.39, 0.29) is 42.5 Å². The Balaban J connectivity index is 1.29. The highest BCUT2D eigenvalue weighted by Gasteiger charge is 2.46. The third-order valence-electron chi connectivity index (χ3n) is 9.33. The van der Waals surface area contributed by atoms with Crippen LogP contribution >= 0.6 is 11.8 Å². The lowest BCUT2D eigenvalue weighted by molar-refractivity contribution is -0.0198. The molecule has 5 heterocycles. The number of carbonyl (C=O) groups is 2. The molecule has 48 heavy (non-hydrogen) atoms. The summed E-state index contributed by atoms with van der Waals surface area (Å²) in [6.07, 6.45) is 7.56. The highest BCUT2D eigenvalue weighted by Crippen LogP contribution is 2.47. The molecule has 4 aromatic rings. The zero-order chi connectivity index (χ0) is 33.1. The average Bonchev–Trinajstić information content (AvgIpc) is 3.40. The molecule has 3 aliphatic heterocycles. The van der Waals surface area contributed by atoms with E-state index in [1.165, 1.54) is 35.7 Å². The van der Waals surface area contributed by atoms with Crippen molar-refractivity contribution in [3.8, 4) is 5.75 Å². The first-order chi connectivity index (χ1) is 23.4. The predicted octanol–water partition coefficient (Wildman–Crippen LogP) is 5.62. The number of benzene rings is 2.